The lowest BCUT2D eigenvalue weighted by Crippen LogP contribution is -2.42. The minimum Gasteiger partial charge on any atom is -0.480 e. The minimum absolute atomic E-state index is 0.0199. The number of fused-ring (bicyclic) bond motifs is 1. The summed E-state index contributed by atoms with van der Waals surface area (Å²) in [6.45, 7) is 8.06. The molecule has 0 saturated carbocycles. The van der Waals surface area contributed by atoms with Crippen molar-refractivity contribution in [2.24, 2.45) is 0 Å². The third-order valence-corrected chi connectivity index (χ3v) is 8.98. The van der Waals surface area contributed by atoms with Crippen LogP contribution in [0.15, 0.2) is 59.5 Å². The van der Waals surface area contributed by atoms with Gasteiger partial charge in [0.2, 0.25) is 11.7 Å². The topological polar surface area (TPSA) is 112 Å². The Morgan fingerprint density at radius 1 is 0.944 bits per heavy atom. The first-order chi connectivity index (χ1) is 17.0. The van der Waals surface area contributed by atoms with Crippen LogP contribution >= 0.6 is 0 Å². The summed E-state index contributed by atoms with van der Waals surface area (Å²) in [7, 11) is -3.57. The van der Waals surface area contributed by atoms with Crippen LogP contribution in [0, 0.1) is 6.92 Å². The predicted octanol–water partition coefficient (Wildman–Crippen LogP) is 3.47. The normalized spacial score (nSPS) is 11.9. The largest absolute Gasteiger partial charge is 0.480 e. The van der Waals surface area contributed by atoms with E-state index in [-0.39, 0.29) is 33.9 Å². The average Bonchev–Trinajstić information content (AvgIpc) is 3.17. The number of aryl methyl sites for hydroxylation is 1. The second-order valence-corrected chi connectivity index (χ2v) is 16.0. The van der Waals surface area contributed by atoms with Crippen LogP contribution in [0.4, 0.5) is 0 Å². The number of hydrogen-bond donors (Lipinski definition) is 1. The molecule has 9 nitrogen and oxygen atoms in total. The van der Waals surface area contributed by atoms with Gasteiger partial charge in [-0.3, -0.25) is 4.79 Å². The fourth-order valence-corrected chi connectivity index (χ4v) is 6.94. The lowest BCUT2D eigenvalue weighted by atomic mass is 10.1. The van der Waals surface area contributed by atoms with Crippen molar-refractivity contribution >= 4 is 40.1 Å². The van der Waals surface area contributed by atoms with E-state index < -0.39 is 18.1 Å². The van der Waals surface area contributed by atoms with Gasteiger partial charge in [0.1, 0.15) is 5.69 Å². The quantitative estimate of drug-likeness (QED) is 0.277. The van der Waals surface area contributed by atoms with Crippen molar-refractivity contribution in [3.8, 4) is 11.9 Å². The van der Waals surface area contributed by atoms with Gasteiger partial charge in [-0.05, 0) is 24.2 Å². The number of carbonyl (C=O) groups is 1. The number of aromatic nitrogens is 3. The molecule has 11 heteroatoms. The van der Waals surface area contributed by atoms with E-state index in [0.717, 1.165) is 5.56 Å². The summed E-state index contributed by atoms with van der Waals surface area (Å²) in [6, 6.07) is 15.1. The molecule has 4 rings (SSSR count). The van der Waals surface area contributed by atoms with Gasteiger partial charge in [-0.25, -0.2) is 9.51 Å². The predicted molar refractivity (Wildman–Crippen MR) is 141 cm³/mol. The Balaban J connectivity index is 2.11. The standard InChI is InChI=1S/C25H28N4O5SSi/c1-16-12-14-18(15-13-16)35(31,32)28-29-20(21(30)17-10-8-7-9-11-17)22(36(4,5)6)19-23(29)26-25(34-3)27-24(19)33-2/h7-15,28H,1-6H3. The van der Waals surface area contributed by atoms with Crippen LogP contribution in [0.2, 0.25) is 19.6 Å². The number of sulfonamides is 1. The van der Waals surface area contributed by atoms with Gasteiger partial charge in [-0.15, -0.1) is 0 Å². The molecule has 0 spiro atoms. The molecule has 1 N–H and O–H groups in total. The number of nitrogens with zero attached hydrogens (tertiary/aromatic N) is 3. The summed E-state index contributed by atoms with van der Waals surface area (Å²) in [5.41, 5.74) is 1.68. The highest BCUT2D eigenvalue weighted by atomic mass is 32.2. The Bertz CT molecular complexity index is 1540. The Hall–Kier alpha value is -3.70. The van der Waals surface area contributed by atoms with Crippen LogP contribution in [0.3, 0.4) is 0 Å². The van der Waals surface area contributed by atoms with Crippen LogP contribution < -0.4 is 19.5 Å². The van der Waals surface area contributed by atoms with Crippen LogP contribution in [0.5, 0.6) is 11.9 Å². The monoisotopic (exact) mass is 524 g/mol. The van der Waals surface area contributed by atoms with Gasteiger partial charge in [0, 0.05) is 5.56 Å². The highest BCUT2D eigenvalue weighted by Crippen LogP contribution is 2.30. The van der Waals surface area contributed by atoms with Gasteiger partial charge in [0.25, 0.3) is 10.0 Å². The van der Waals surface area contributed by atoms with E-state index in [1.807, 2.05) is 13.0 Å². The maximum atomic E-state index is 14.0. The average molecular weight is 525 g/mol. The number of methoxy groups -OCH3 is 2. The molecule has 0 fully saturated rings. The molecule has 0 aliphatic heterocycles. The third-order valence-electron chi connectivity index (χ3n) is 5.68. The zero-order valence-corrected chi connectivity index (χ0v) is 22.8. The Morgan fingerprint density at radius 2 is 1.58 bits per heavy atom. The summed E-state index contributed by atoms with van der Waals surface area (Å²) in [4.78, 5) is 25.4. The minimum atomic E-state index is -4.10. The fraction of sp³-hybridized carbons (Fsp3) is 0.240. The van der Waals surface area contributed by atoms with Crippen LogP contribution in [0.25, 0.3) is 11.0 Å². The van der Waals surface area contributed by atoms with Gasteiger partial charge >= 0.3 is 6.01 Å². The number of ketones is 1. The van der Waals surface area contributed by atoms with E-state index in [0.29, 0.717) is 16.1 Å². The lowest BCUT2D eigenvalue weighted by Gasteiger charge is -2.19. The van der Waals surface area contributed by atoms with E-state index in [1.54, 1.807) is 36.4 Å². The number of ether oxygens (including phenoxy) is 2. The highest BCUT2D eigenvalue weighted by molar-refractivity contribution is 7.92. The van der Waals surface area contributed by atoms with Crippen LogP contribution in [-0.2, 0) is 10.0 Å². The third kappa shape index (κ3) is 4.59. The molecule has 36 heavy (non-hydrogen) atoms. The van der Waals surface area contributed by atoms with Crippen molar-refractivity contribution in [3.63, 3.8) is 0 Å². The fourth-order valence-electron chi connectivity index (χ4n) is 4.02. The maximum Gasteiger partial charge on any atom is 0.321 e. The molecule has 0 saturated heterocycles. The van der Waals surface area contributed by atoms with E-state index >= 15 is 0 Å². The number of benzene rings is 2. The molecule has 0 atom stereocenters. The van der Waals surface area contributed by atoms with Crippen molar-refractivity contribution in [1.82, 2.24) is 14.6 Å². The van der Waals surface area contributed by atoms with Crippen molar-refractivity contribution in [3.05, 3.63) is 71.4 Å². The second kappa shape index (κ2) is 9.39. The zero-order chi connectivity index (χ0) is 26.3. The molecular weight excluding hydrogens is 496 g/mol. The first kappa shape index (κ1) is 25.4. The van der Waals surface area contributed by atoms with Gasteiger partial charge in [0.15, 0.2) is 5.65 Å². The van der Waals surface area contributed by atoms with Gasteiger partial charge in [0.05, 0.1) is 32.6 Å². The lowest BCUT2D eigenvalue weighted by molar-refractivity contribution is 0.103. The number of hydrogen-bond acceptors (Lipinski definition) is 7. The Morgan fingerprint density at radius 3 is 2.14 bits per heavy atom. The molecule has 0 bridgehead atoms. The number of nitrogens with one attached hydrogen (secondary N) is 1. The van der Waals surface area contributed by atoms with E-state index in [9.17, 15) is 13.2 Å². The molecule has 0 aliphatic carbocycles. The number of carbonyl (C=O) groups excluding carboxylic acids is 1. The SMILES string of the molecule is COc1nc(OC)c2c([Si](C)(C)C)c(C(=O)c3ccccc3)n(NS(=O)(=O)c3ccc(C)cc3)c2n1. The van der Waals surface area contributed by atoms with E-state index in [4.69, 9.17) is 9.47 Å². The molecule has 0 unspecified atom stereocenters. The molecule has 0 radical (unpaired) electrons. The number of rotatable bonds is 8. The van der Waals surface area contributed by atoms with Crippen LogP contribution in [-0.4, -0.2) is 51.1 Å². The summed E-state index contributed by atoms with van der Waals surface area (Å²) in [5, 5.41) is 1.15. The van der Waals surface area contributed by atoms with Crippen molar-refractivity contribution < 1.29 is 22.7 Å². The van der Waals surface area contributed by atoms with E-state index in [2.05, 4.69) is 34.4 Å². The second-order valence-electron chi connectivity index (χ2n) is 9.33. The summed E-state index contributed by atoms with van der Waals surface area (Å²) in [6.07, 6.45) is 0. The smallest absolute Gasteiger partial charge is 0.321 e. The molecular formula is C25H28N4O5SSi. The summed E-state index contributed by atoms with van der Waals surface area (Å²) in [5.74, 6) is -0.150. The molecule has 0 amide bonds. The maximum absolute atomic E-state index is 14.0. The van der Waals surface area contributed by atoms with Gasteiger partial charge in [-0.1, -0.05) is 67.7 Å². The summed E-state index contributed by atoms with van der Waals surface area (Å²) < 4.78 is 39.1. The van der Waals surface area contributed by atoms with Gasteiger partial charge < -0.3 is 9.47 Å². The first-order valence-corrected chi connectivity index (χ1v) is 16.2. The summed E-state index contributed by atoms with van der Waals surface area (Å²) >= 11 is 0. The van der Waals surface area contributed by atoms with E-state index in [1.165, 1.54) is 31.0 Å². The van der Waals surface area contributed by atoms with Crippen molar-refractivity contribution in [1.29, 1.82) is 0 Å². The van der Waals surface area contributed by atoms with Crippen molar-refractivity contribution in [2.75, 3.05) is 19.1 Å². The molecule has 188 valence electrons. The molecule has 2 aromatic carbocycles. The molecule has 0 aliphatic rings. The van der Waals surface area contributed by atoms with Crippen LogP contribution in [0.1, 0.15) is 21.6 Å². The first-order valence-electron chi connectivity index (χ1n) is 11.2. The molecule has 4 aromatic rings. The van der Waals surface area contributed by atoms with Crippen molar-refractivity contribution in [2.45, 2.75) is 31.5 Å². The highest BCUT2D eigenvalue weighted by Gasteiger charge is 2.36. The molecule has 2 heterocycles. The zero-order valence-electron chi connectivity index (χ0n) is 21.0. The Kier molecular flexibility index (Phi) is 6.63. The molecule has 2 aromatic heterocycles. The Labute approximate surface area is 211 Å². The van der Waals surface area contributed by atoms with Gasteiger partial charge in [-0.2, -0.15) is 18.4 Å².